The van der Waals surface area contributed by atoms with Crippen LogP contribution in [0.4, 0.5) is 0 Å². The van der Waals surface area contributed by atoms with E-state index in [4.69, 9.17) is 18.5 Å². The van der Waals surface area contributed by atoms with Crippen molar-refractivity contribution in [1.82, 2.24) is 0 Å². The van der Waals surface area contributed by atoms with E-state index < -0.39 is 26.5 Å². The zero-order chi connectivity index (χ0) is 47.1. The Kier molecular flexibility index (Phi) is 44.6. The molecule has 0 aliphatic heterocycles. The number of hydrogen-bond donors (Lipinski definition) is 0. The van der Waals surface area contributed by atoms with E-state index in [9.17, 15) is 19.0 Å². The highest BCUT2D eigenvalue weighted by atomic mass is 31.2. The van der Waals surface area contributed by atoms with Crippen molar-refractivity contribution in [1.29, 1.82) is 0 Å². The normalized spacial score (nSPS) is 13.8. The maximum absolute atomic E-state index is 12.7. The van der Waals surface area contributed by atoms with Gasteiger partial charge < -0.3 is 27.9 Å². The van der Waals surface area contributed by atoms with E-state index in [2.05, 4.69) is 62.5 Å². The predicted molar refractivity (Wildman–Crippen MR) is 268 cm³/mol. The summed E-state index contributed by atoms with van der Waals surface area (Å²) >= 11 is 0. The van der Waals surface area contributed by atoms with Gasteiger partial charge in [-0.1, -0.05) is 197 Å². The fraction of sp³-hybridized carbons (Fsp3) is 0.815. The summed E-state index contributed by atoms with van der Waals surface area (Å²) in [6.45, 7) is 4.10. The Bertz CT molecular complexity index is 1230. The first-order valence-corrected chi connectivity index (χ1v) is 27.8. The Hall–Kier alpha value is -2.03. The number of quaternary nitrogens is 1. The van der Waals surface area contributed by atoms with Crippen LogP contribution in [0, 0.1) is 0 Å². The van der Waals surface area contributed by atoms with Crippen LogP contribution in [0.1, 0.15) is 232 Å². The average Bonchev–Trinajstić information content (AvgIpc) is 3.25. The Morgan fingerprint density at radius 2 is 0.891 bits per heavy atom. The van der Waals surface area contributed by atoms with Gasteiger partial charge in [0, 0.05) is 12.8 Å². The van der Waals surface area contributed by atoms with E-state index in [-0.39, 0.29) is 32.0 Å². The quantitative estimate of drug-likeness (QED) is 0.0195. The molecule has 0 radical (unpaired) electrons. The zero-order valence-corrected chi connectivity index (χ0v) is 43.1. The lowest BCUT2D eigenvalue weighted by Gasteiger charge is -2.28. The van der Waals surface area contributed by atoms with Gasteiger partial charge in [-0.25, -0.2) is 0 Å². The Morgan fingerprint density at radius 1 is 0.500 bits per heavy atom. The first-order chi connectivity index (χ1) is 31.0. The van der Waals surface area contributed by atoms with Crippen LogP contribution in [0.2, 0.25) is 0 Å². The molecule has 10 heteroatoms. The van der Waals surface area contributed by atoms with Crippen LogP contribution < -0.4 is 4.89 Å². The molecule has 2 atom stereocenters. The fourth-order valence-electron chi connectivity index (χ4n) is 7.25. The fourth-order valence-corrected chi connectivity index (χ4v) is 7.98. The molecule has 0 aromatic heterocycles. The van der Waals surface area contributed by atoms with Crippen LogP contribution in [0.5, 0.6) is 0 Å². The monoisotopic (exact) mass is 922 g/mol. The van der Waals surface area contributed by atoms with Gasteiger partial charge in [0.15, 0.2) is 6.10 Å². The summed E-state index contributed by atoms with van der Waals surface area (Å²) in [5, 5.41) is 0. The van der Waals surface area contributed by atoms with Crippen molar-refractivity contribution in [2.45, 2.75) is 238 Å². The number of nitrogens with zero attached hydrogens (tertiary/aromatic N) is 1. The molecule has 0 heterocycles. The molecule has 9 nitrogen and oxygen atoms in total. The van der Waals surface area contributed by atoms with Gasteiger partial charge in [0.05, 0.1) is 27.7 Å². The lowest BCUT2D eigenvalue weighted by molar-refractivity contribution is -0.870. The molecule has 0 rings (SSSR count). The topological polar surface area (TPSA) is 111 Å². The van der Waals surface area contributed by atoms with Crippen molar-refractivity contribution >= 4 is 19.8 Å². The molecular formula is C54H100NO8P. The molecule has 0 aromatic carbocycles. The van der Waals surface area contributed by atoms with Gasteiger partial charge in [-0.05, 0) is 70.6 Å². The number of unbranched alkanes of at least 4 members (excludes halogenated alkanes) is 26. The lowest BCUT2D eigenvalue weighted by Crippen LogP contribution is -2.37. The number of carbonyl (C=O) groups is 2. The molecule has 0 saturated carbocycles. The van der Waals surface area contributed by atoms with Crippen LogP contribution in [-0.4, -0.2) is 70.0 Å². The molecular weight excluding hydrogens is 822 g/mol. The Labute approximate surface area is 394 Å². The number of phosphoric ester groups is 1. The second-order valence-corrected chi connectivity index (χ2v) is 20.3. The molecule has 374 valence electrons. The smallest absolute Gasteiger partial charge is 0.306 e. The Balaban J connectivity index is 4.11. The summed E-state index contributed by atoms with van der Waals surface area (Å²) in [5.41, 5.74) is 0. The van der Waals surface area contributed by atoms with Crippen LogP contribution in [0.25, 0.3) is 0 Å². The average molecular weight is 922 g/mol. The molecule has 0 saturated heterocycles. The standard InChI is InChI=1S/C54H100NO8P/c1-6-8-10-12-14-16-18-20-21-22-23-24-25-26-27-28-29-30-31-32-33-35-36-38-40-42-44-46-53(56)60-50-52(51-62-64(58,59)61-49-48-55(3,4)5)63-54(57)47-45-43-41-39-37-34-19-17-15-13-11-9-7-2/h9,11,15,17,22-23,34,37,52H,6-8,10,12-14,16,18-21,24-33,35-36,38-51H2,1-5H3/b11-9-,17-15-,23-22-,37-34-. The molecule has 64 heavy (non-hydrogen) atoms. The summed E-state index contributed by atoms with van der Waals surface area (Å²) in [4.78, 5) is 37.6. The van der Waals surface area contributed by atoms with Crippen molar-refractivity contribution in [2.24, 2.45) is 0 Å². The number of rotatable bonds is 48. The third-order valence-corrected chi connectivity index (χ3v) is 12.3. The van der Waals surface area contributed by atoms with E-state index >= 15 is 0 Å². The predicted octanol–water partition coefficient (Wildman–Crippen LogP) is 15.2. The molecule has 0 bridgehead atoms. The largest absolute Gasteiger partial charge is 0.756 e. The van der Waals surface area contributed by atoms with E-state index in [1.54, 1.807) is 0 Å². The van der Waals surface area contributed by atoms with E-state index in [1.165, 1.54) is 141 Å². The molecule has 0 aliphatic carbocycles. The van der Waals surface area contributed by atoms with Gasteiger partial charge in [0.25, 0.3) is 7.82 Å². The highest BCUT2D eigenvalue weighted by Gasteiger charge is 2.21. The molecule has 0 aromatic rings. The highest BCUT2D eigenvalue weighted by Crippen LogP contribution is 2.38. The van der Waals surface area contributed by atoms with Gasteiger partial charge >= 0.3 is 11.9 Å². The van der Waals surface area contributed by atoms with Crippen LogP contribution in [0.3, 0.4) is 0 Å². The van der Waals surface area contributed by atoms with Crippen LogP contribution in [0.15, 0.2) is 48.6 Å². The summed E-state index contributed by atoms with van der Waals surface area (Å²) in [5.74, 6) is -0.864. The second kappa shape index (κ2) is 46.1. The summed E-state index contributed by atoms with van der Waals surface area (Å²) in [6.07, 6.45) is 56.0. The third kappa shape index (κ3) is 49.4. The molecule has 2 unspecified atom stereocenters. The number of allylic oxidation sites excluding steroid dienone is 8. The Morgan fingerprint density at radius 3 is 1.36 bits per heavy atom. The molecule has 0 spiro atoms. The lowest BCUT2D eigenvalue weighted by atomic mass is 10.0. The van der Waals surface area contributed by atoms with Gasteiger partial charge in [0.1, 0.15) is 19.8 Å². The van der Waals surface area contributed by atoms with Crippen LogP contribution in [-0.2, 0) is 32.7 Å². The number of ether oxygens (including phenoxy) is 2. The van der Waals surface area contributed by atoms with Gasteiger partial charge in [-0.3, -0.25) is 14.2 Å². The minimum absolute atomic E-state index is 0.0371. The van der Waals surface area contributed by atoms with E-state index in [0.29, 0.717) is 17.4 Å². The second-order valence-electron chi connectivity index (χ2n) is 18.9. The first kappa shape index (κ1) is 62.0. The molecule has 0 N–H and O–H groups in total. The molecule has 0 amide bonds. The van der Waals surface area contributed by atoms with Crippen molar-refractivity contribution in [3.8, 4) is 0 Å². The minimum atomic E-state index is -4.64. The number of likely N-dealkylation sites (N-methyl/N-ethyl adjacent to an activating group) is 1. The zero-order valence-electron chi connectivity index (χ0n) is 42.2. The van der Waals surface area contributed by atoms with Gasteiger partial charge in [-0.2, -0.15) is 0 Å². The minimum Gasteiger partial charge on any atom is -0.756 e. The SMILES string of the molecule is CC/C=C\C/C=C\C/C=C\CCCCCC(=O)OC(COC(=O)CCCCCCCCCCCCCCCCC/C=C\CCCCCCCCCC)COP(=O)([O-])OCC[N+](C)(C)C. The third-order valence-electron chi connectivity index (χ3n) is 11.3. The molecule has 0 aliphatic rings. The van der Waals surface area contributed by atoms with Gasteiger partial charge in [0.2, 0.25) is 0 Å². The van der Waals surface area contributed by atoms with Crippen molar-refractivity contribution in [3.63, 3.8) is 0 Å². The number of esters is 2. The first-order valence-electron chi connectivity index (χ1n) is 26.3. The number of phosphoric acid groups is 1. The maximum Gasteiger partial charge on any atom is 0.306 e. The maximum atomic E-state index is 12.7. The van der Waals surface area contributed by atoms with Crippen molar-refractivity contribution in [3.05, 3.63) is 48.6 Å². The number of carbonyl (C=O) groups excluding carboxylic acids is 2. The van der Waals surface area contributed by atoms with E-state index in [1.807, 2.05) is 21.1 Å². The highest BCUT2D eigenvalue weighted by molar-refractivity contribution is 7.45. The van der Waals surface area contributed by atoms with E-state index in [0.717, 1.165) is 57.8 Å². The summed E-state index contributed by atoms with van der Waals surface area (Å²) < 4.78 is 34.0. The van der Waals surface area contributed by atoms with Crippen molar-refractivity contribution < 1.29 is 42.1 Å². The summed E-state index contributed by atoms with van der Waals surface area (Å²) in [6, 6.07) is 0. The van der Waals surface area contributed by atoms with Crippen molar-refractivity contribution in [2.75, 3.05) is 47.5 Å². The molecule has 0 fully saturated rings. The number of hydrogen-bond acceptors (Lipinski definition) is 8. The summed E-state index contributed by atoms with van der Waals surface area (Å²) in [7, 11) is 1.15. The van der Waals surface area contributed by atoms with Gasteiger partial charge in [-0.15, -0.1) is 0 Å². The van der Waals surface area contributed by atoms with Crippen LogP contribution >= 0.6 is 7.82 Å².